The number of nitrogens with zero attached hydrogens (tertiary/aromatic N) is 1. The SMILES string of the molecule is N#Cc1cccc(-c2cc(-c3cccc4c3sc3ccccc34)ccc2-c2ccc3oc4ccccc4c3c2)c1. The van der Waals surface area contributed by atoms with E-state index in [0.717, 1.165) is 49.8 Å². The summed E-state index contributed by atoms with van der Waals surface area (Å²) >= 11 is 1.84. The molecule has 0 aliphatic heterocycles. The summed E-state index contributed by atoms with van der Waals surface area (Å²) < 4.78 is 8.68. The highest BCUT2D eigenvalue weighted by Crippen LogP contribution is 2.43. The van der Waals surface area contributed by atoms with Gasteiger partial charge in [-0.2, -0.15) is 5.26 Å². The first-order chi connectivity index (χ1) is 19.8. The van der Waals surface area contributed by atoms with E-state index in [0.29, 0.717) is 5.56 Å². The first kappa shape index (κ1) is 22.8. The Bertz CT molecular complexity index is 2300. The molecule has 0 spiro atoms. The Kier molecular flexibility index (Phi) is 5.10. The highest BCUT2D eigenvalue weighted by atomic mass is 32.1. The fourth-order valence-corrected chi connectivity index (χ4v) is 7.07. The van der Waals surface area contributed by atoms with Crippen molar-refractivity contribution in [3.63, 3.8) is 0 Å². The molecule has 0 aliphatic carbocycles. The van der Waals surface area contributed by atoms with Crippen LogP contribution in [0.3, 0.4) is 0 Å². The van der Waals surface area contributed by atoms with Gasteiger partial charge in [0.15, 0.2) is 0 Å². The van der Waals surface area contributed by atoms with Crippen LogP contribution in [-0.2, 0) is 0 Å². The van der Waals surface area contributed by atoms with Crippen LogP contribution in [0.2, 0.25) is 0 Å². The summed E-state index contributed by atoms with van der Waals surface area (Å²) in [6.45, 7) is 0. The van der Waals surface area contributed by atoms with Crippen molar-refractivity contribution >= 4 is 53.4 Å². The molecule has 0 N–H and O–H groups in total. The predicted molar refractivity (Wildman–Crippen MR) is 168 cm³/mol. The number of hydrogen-bond acceptors (Lipinski definition) is 3. The van der Waals surface area contributed by atoms with Gasteiger partial charge in [0.05, 0.1) is 11.6 Å². The van der Waals surface area contributed by atoms with Gasteiger partial charge in [-0.15, -0.1) is 11.3 Å². The van der Waals surface area contributed by atoms with E-state index in [1.165, 1.54) is 25.7 Å². The van der Waals surface area contributed by atoms with E-state index < -0.39 is 0 Å². The molecule has 0 radical (unpaired) electrons. The summed E-state index contributed by atoms with van der Waals surface area (Å²) in [4.78, 5) is 0. The van der Waals surface area contributed by atoms with Gasteiger partial charge in [0.25, 0.3) is 0 Å². The van der Waals surface area contributed by atoms with Crippen molar-refractivity contribution < 1.29 is 4.42 Å². The minimum Gasteiger partial charge on any atom is -0.456 e. The van der Waals surface area contributed by atoms with Gasteiger partial charge >= 0.3 is 0 Å². The molecule has 0 bridgehead atoms. The maximum atomic E-state index is 9.65. The number of benzene rings is 6. The van der Waals surface area contributed by atoms with Gasteiger partial charge in [-0.05, 0) is 75.8 Å². The van der Waals surface area contributed by atoms with Crippen molar-refractivity contribution in [2.24, 2.45) is 0 Å². The van der Waals surface area contributed by atoms with Gasteiger partial charge in [-0.1, -0.05) is 84.9 Å². The van der Waals surface area contributed by atoms with E-state index in [1.54, 1.807) is 0 Å². The fourth-order valence-electron chi connectivity index (χ4n) is 5.83. The standard InChI is InChI=1S/C37H21NOS/c38-22-23-7-5-8-24(19-23)32-20-26(28-11-6-12-31-30-10-2-4-14-36(30)40-37(28)31)15-17-27(32)25-16-18-35-33(21-25)29-9-1-3-13-34(29)39-35/h1-21H. The molecule has 0 atom stereocenters. The fraction of sp³-hybridized carbons (Fsp3) is 0. The molecule has 0 fully saturated rings. The third-order valence-electron chi connectivity index (χ3n) is 7.73. The van der Waals surface area contributed by atoms with Crippen LogP contribution in [-0.4, -0.2) is 0 Å². The van der Waals surface area contributed by atoms with Crippen molar-refractivity contribution in [2.75, 3.05) is 0 Å². The average molecular weight is 528 g/mol. The predicted octanol–water partition coefficient (Wildman–Crippen LogP) is 10.8. The lowest BCUT2D eigenvalue weighted by atomic mass is 9.90. The van der Waals surface area contributed by atoms with Crippen molar-refractivity contribution in [3.05, 3.63) is 133 Å². The Labute approximate surface area is 235 Å². The Morgan fingerprint density at radius 1 is 0.500 bits per heavy atom. The van der Waals surface area contributed by atoms with Crippen molar-refractivity contribution in [3.8, 4) is 39.4 Å². The van der Waals surface area contributed by atoms with Gasteiger partial charge in [0, 0.05) is 30.9 Å². The molecule has 0 aliphatic rings. The van der Waals surface area contributed by atoms with Crippen LogP contribution in [0, 0.1) is 11.3 Å². The summed E-state index contributed by atoms with van der Waals surface area (Å²) in [7, 11) is 0. The average Bonchev–Trinajstić information content (AvgIpc) is 3.59. The summed E-state index contributed by atoms with van der Waals surface area (Å²) in [5, 5.41) is 14.4. The first-order valence-electron chi connectivity index (χ1n) is 13.2. The molecule has 0 amide bonds. The van der Waals surface area contributed by atoms with Crippen molar-refractivity contribution in [1.82, 2.24) is 0 Å². The second-order valence-corrected chi connectivity index (χ2v) is 11.1. The molecule has 0 saturated heterocycles. The molecule has 0 saturated carbocycles. The second kappa shape index (κ2) is 8.95. The van der Waals surface area contributed by atoms with Crippen LogP contribution >= 0.6 is 11.3 Å². The van der Waals surface area contributed by atoms with Crippen LogP contribution in [0.15, 0.2) is 132 Å². The number of nitriles is 1. The topological polar surface area (TPSA) is 36.9 Å². The third-order valence-corrected chi connectivity index (χ3v) is 8.95. The molecule has 8 rings (SSSR count). The summed E-state index contributed by atoms with van der Waals surface area (Å²) in [5.74, 6) is 0. The Morgan fingerprint density at radius 2 is 1.23 bits per heavy atom. The van der Waals surface area contributed by atoms with Gasteiger partial charge in [0.2, 0.25) is 0 Å². The number of furan rings is 1. The third kappa shape index (κ3) is 3.55. The van der Waals surface area contributed by atoms with Crippen molar-refractivity contribution in [1.29, 1.82) is 5.26 Å². The molecular weight excluding hydrogens is 506 g/mol. The van der Waals surface area contributed by atoms with E-state index in [1.807, 2.05) is 47.7 Å². The molecule has 0 unspecified atom stereocenters. The zero-order valence-corrected chi connectivity index (χ0v) is 22.2. The molecular formula is C37H21NOS. The van der Waals surface area contributed by atoms with Gasteiger partial charge in [0.1, 0.15) is 11.2 Å². The molecule has 2 aromatic heterocycles. The lowest BCUT2D eigenvalue weighted by Crippen LogP contribution is -1.89. The summed E-state index contributed by atoms with van der Waals surface area (Å²) in [6, 6.07) is 46.7. The highest BCUT2D eigenvalue weighted by Gasteiger charge is 2.16. The van der Waals surface area contributed by atoms with Gasteiger partial charge < -0.3 is 4.42 Å². The zero-order chi connectivity index (χ0) is 26.6. The first-order valence-corrected chi connectivity index (χ1v) is 14.1. The monoisotopic (exact) mass is 527 g/mol. The van der Waals surface area contributed by atoms with E-state index >= 15 is 0 Å². The number of fused-ring (bicyclic) bond motifs is 6. The smallest absolute Gasteiger partial charge is 0.135 e. The maximum Gasteiger partial charge on any atom is 0.135 e. The van der Waals surface area contributed by atoms with Crippen LogP contribution < -0.4 is 0 Å². The largest absolute Gasteiger partial charge is 0.456 e. The minimum atomic E-state index is 0.650. The number of thiophene rings is 1. The van der Waals surface area contributed by atoms with Crippen LogP contribution in [0.25, 0.3) is 75.5 Å². The molecule has 40 heavy (non-hydrogen) atoms. The molecule has 2 heterocycles. The normalized spacial score (nSPS) is 11.5. The Morgan fingerprint density at radius 3 is 2.15 bits per heavy atom. The van der Waals surface area contributed by atoms with Crippen molar-refractivity contribution in [2.45, 2.75) is 0 Å². The number of rotatable bonds is 3. The maximum absolute atomic E-state index is 9.65. The van der Waals surface area contributed by atoms with Crippen LogP contribution in [0.1, 0.15) is 5.56 Å². The van der Waals surface area contributed by atoms with Crippen LogP contribution in [0.5, 0.6) is 0 Å². The quantitative estimate of drug-likeness (QED) is 0.229. The highest BCUT2D eigenvalue weighted by molar-refractivity contribution is 7.26. The van der Waals surface area contributed by atoms with E-state index in [4.69, 9.17) is 4.42 Å². The van der Waals surface area contributed by atoms with Crippen LogP contribution in [0.4, 0.5) is 0 Å². The second-order valence-electron chi connectivity index (χ2n) is 10.0. The summed E-state index contributed by atoms with van der Waals surface area (Å²) in [5.41, 5.74) is 9.16. The number of hydrogen-bond donors (Lipinski definition) is 0. The zero-order valence-electron chi connectivity index (χ0n) is 21.4. The Balaban J connectivity index is 1.38. The minimum absolute atomic E-state index is 0.650. The lowest BCUT2D eigenvalue weighted by Gasteiger charge is -2.14. The Hall–Kier alpha value is -5.17. The van der Waals surface area contributed by atoms with E-state index in [2.05, 4.69) is 97.1 Å². The molecule has 3 heteroatoms. The van der Waals surface area contributed by atoms with Gasteiger partial charge in [-0.25, -0.2) is 0 Å². The molecule has 2 nitrogen and oxygen atoms in total. The summed E-state index contributed by atoms with van der Waals surface area (Å²) in [6.07, 6.45) is 0. The lowest BCUT2D eigenvalue weighted by molar-refractivity contribution is 0.669. The number of para-hydroxylation sites is 1. The van der Waals surface area contributed by atoms with E-state index in [9.17, 15) is 5.26 Å². The molecule has 186 valence electrons. The molecule has 8 aromatic rings. The molecule has 6 aromatic carbocycles. The van der Waals surface area contributed by atoms with E-state index in [-0.39, 0.29) is 0 Å². The van der Waals surface area contributed by atoms with Gasteiger partial charge in [-0.3, -0.25) is 0 Å².